The number of unbranched alkanes of at least 4 members (excludes halogenated alkanes) is 1. The van der Waals surface area contributed by atoms with Crippen molar-refractivity contribution >= 4 is 5.91 Å². The molecule has 1 amide bonds. The molecule has 1 heterocycles. The predicted octanol–water partition coefficient (Wildman–Crippen LogP) is 4.27. The maximum Gasteiger partial charge on any atom is 0.225 e. The molecule has 0 radical (unpaired) electrons. The number of aryl methyl sites for hydroxylation is 1. The Morgan fingerprint density at radius 1 is 1.18 bits per heavy atom. The lowest BCUT2D eigenvalue weighted by Crippen LogP contribution is -2.49. The third-order valence-corrected chi connectivity index (χ3v) is 8.20. The summed E-state index contributed by atoms with van der Waals surface area (Å²) in [4.78, 5) is 15.2. The number of hydrogen-bond acceptors (Lipinski definition) is 6. The normalized spacial score (nSPS) is 25.3. The van der Waals surface area contributed by atoms with Crippen molar-refractivity contribution < 1.29 is 28.9 Å². The average Bonchev–Trinajstić information content (AvgIpc) is 3.26. The molecule has 1 aliphatic carbocycles. The molecule has 208 valence electrons. The van der Waals surface area contributed by atoms with Gasteiger partial charge in [0.2, 0.25) is 5.91 Å². The molecule has 0 aromatic heterocycles. The van der Waals surface area contributed by atoms with Crippen LogP contribution in [0.1, 0.15) is 56.1 Å². The second kappa shape index (κ2) is 12.6. The Balaban J connectivity index is 1.61. The minimum atomic E-state index is -1.25. The van der Waals surface area contributed by atoms with Gasteiger partial charge in [-0.3, -0.25) is 4.79 Å². The number of likely N-dealkylation sites (tertiary alicyclic amines) is 1. The minimum Gasteiger partial charge on any atom is -0.457 e. The number of para-hydroxylation sites is 1. The van der Waals surface area contributed by atoms with Gasteiger partial charge in [-0.05, 0) is 81.7 Å². The summed E-state index contributed by atoms with van der Waals surface area (Å²) < 4.78 is 25.2. The van der Waals surface area contributed by atoms with Crippen LogP contribution in [-0.4, -0.2) is 60.0 Å². The highest BCUT2D eigenvalue weighted by atomic mass is 19.1. The first kappa shape index (κ1) is 28.5. The molecule has 4 rings (SSSR count). The molecule has 0 bridgehead atoms. The summed E-state index contributed by atoms with van der Waals surface area (Å²) in [5.74, 6) is 0.227. The zero-order chi connectivity index (χ0) is 27.3. The van der Waals surface area contributed by atoms with E-state index < -0.39 is 11.7 Å². The van der Waals surface area contributed by atoms with Gasteiger partial charge in [-0.25, -0.2) is 4.39 Å². The van der Waals surface area contributed by atoms with Crippen molar-refractivity contribution in [3.8, 4) is 11.5 Å². The van der Waals surface area contributed by atoms with Gasteiger partial charge in [0, 0.05) is 50.2 Å². The molecule has 2 aromatic rings. The first-order valence-corrected chi connectivity index (χ1v) is 13.7. The van der Waals surface area contributed by atoms with Gasteiger partial charge in [-0.2, -0.15) is 0 Å². The summed E-state index contributed by atoms with van der Waals surface area (Å²) in [6.07, 6.45) is 3.78. The maximum atomic E-state index is 13.7. The summed E-state index contributed by atoms with van der Waals surface area (Å²) in [6.45, 7) is 3.44. The third kappa shape index (κ3) is 6.37. The van der Waals surface area contributed by atoms with Crippen LogP contribution in [0.2, 0.25) is 0 Å². The van der Waals surface area contributed by atoms with Crippen LogP contribution < -0.4 is 10.5 Å². The van der Waals surface area contributed by atoms with E-state index in [1.807, 2.05) is 29.2 Å². The molecule has 5 atom stereocenters. The standard InChI is InChI=1S/C30H41FN2O5/c1-20-16-23(31)11-12-27(20)38-28-10-4-3-9-24(28)30(36,13-5-6-15-37-2)22-8-7-14-33(19-22)29(35)21-17-25(32)26(34)18-21/h3-4,9-12,16,21-22,25-26,34,36H,5-8,13-15,17-19,32H2,1-2H3/t21-,22+,25+,26-,30-/m0/s1. The number of methoxy groups -OCH3 is 1. The number of aliphatic hydroxyl groups is 2. The van der Waals surface area contributed by atoms with E-state index in [-0.39, 0.29) is 29.6 Å². The van der Waals surface area contributed by atoms with Gasteiger partial charge in [0.1, 0.15) is 17.3 Å². The second-order valence-electron chi connectivity index (χ2n) is 10.9. The van der Waals surface area contributed by atoms with Crippen LogP contribution in [-0.2, 0) is 15.1 Å². The maximum absolute atomic E-state index is 13.7. The van der Waals surface area contributed by atoms with E-state index in [4.69, 9.17) is 15.2 Å². The molecule has 2 aliphatic rings. The zero-order valence-electron chi connectivity index (χ0n) is 22.4. The number of ether oxygens (including phenoxy) is 2. The number of aliphatic hydroxyl groups excluding tert-OH is 1. The first-order valence-electron chi connectivity index (χ1n) is 13.7. The Kier molecular flexibility index (Phi) is 9.41. The molecular formula is C30H41FN2O5. The molecule has 0 unspecified atom stereocenters. The molecule has 4 N–H and O–H groups in total. The van der Waals surface area contributed by atoms with Gasteiger partial charge < -0.3 is 30.3 Å². The summed E-state index contributed by atoms with van der Waals surface area (Å²) in [5.41, 5.74) is 6.06. The van der Waals surface area contributed by atoms with E-state index in [9.17, 15) is 19.4 Å². The number of nitrogens with two attached hydrogens (primary N) is 1. The van der Waals surface area contributed by atoms with E-state index in [1.165, 1.54) is 12.1 Å². The highest BCUT2D eigenvalue weighted by Gasteiger charge is 2.44. The second-order valence-corrected chi connectivity index (χ2v) is 10.9. The van der Waals surface area contributed by atoms with Gasteiger partial charge >= 0.3 is 0 Å². The Morgan fingerprint density at radius 2 is 1.97 bits per heavy atom. The van der Waals surface area contributed by atoms with Crippen molar-refractivity contribution in [3.63, 3.8) is 0 Å². The van der Waals surface area contributed by atoms with Gasteiger partial charge in [-0.1, -0.05) is 18.2 Å². The lowest BCUT2D eigenvalue weighted by atomic mass is 9.73. The van der Waals surface area contributed by atoms with Crippen LogP contribution in [0, 0.1) is 24.6 Å². The van der Waals surface area contributed by atoms with E-state index in [1.54, 1.807) is 20.1 Å². The van der Waals surface area contributed by atoms with Gasteiger partial charge in [0.05, 0.1) is 11.7 Å². The molecule has 8 heteroatoms. The van der Waals surface area contributed by atoms with Crippen molar-refractivity contribution in [1.82, 2.24) is 4.90 Å². The lowest BCUT2D eigenvalue weighted by Gasteiger charge is -2.44. The van der Waals surface area contributed by atoms with Crippen LogP contribution >= 0.6 is 0 Å². The Hall–Kier alpha value is -2.52. The lowest BCUT2D eigenvalue weighted by molar-refractivity contribution is -0.141. The van der Waals surface area contributed by atoms with Crippen LogP contribution in [0.15, 0.2) is 42.5 Å². The number of hydrogen-bond donors (Lipinski definition) is 3. The largest absolute Gasteiger partial charge is 0.457 e. The van der Waals surface area contributed by atoms with Crippen molar-refractivity contribution in [2.24, 2.45) is 17.6 Å². The van der Waals surface area contributed by atoms with Crippen molar-refractivity contribution in [2.75, 3.05) is 26.8 Å². The summed E-state index contributed by atoms with van der Waals surface area (Å²) in [6, 6.07) is 11.5. The molecule has 2 aromatic carbocycles. The van der Waals surface area contributed by atoms with Crippen molar-refractivity contribution in [2.45, 2.75) is 69.6 Å². The number of carbonyl (C=O) groups is 1. The predicted molar refractivity (Wildman–Crippen MR) is 143 cm³/mol. The first-order chi connectivity index (χ1) is 18.2. The number of carbonyl (C=O) groups excluding carboxylic acids is 1. The quantitative estimate of drug-likeness (QED) is 0.398. The van der Waals surface area contributed by atoms with E-state index in [0.29, 0.717) is 61.6 Å². The van der Waals surface area contributed by atoms with Gasteiger partial charge in [0.25, 0.3) is 0 Å². The van der Waals surface area contributed by atoms with E-state index in [0.717, 1.165) is 25.7 Å². The number of amides is 1. The van der Waals surface area contributed by atoms with E-state index >= 15 is 0 Å². The fourth-order valence-corrected chi connectivity index (χ4v) is 6.03. The summed E-state index contributed by atoms with van der Waals surface area (Å²) in [5, 5.41) is 22.5. The monoisotopic (exact) mass is 528 g/mol. The highest BCUT2D eigenvalue weighted by Crippen LogP contribution is 2.45. The SMILES string of the molecule is COCCCC[C@@](O)(c1ccccc1Oc1ccc(F)cc1C)[C@@H]1CCCN(C(=O)[C@H]2C[C@@H](N)[C@@H](O)C2)C1. The highest BCUT2D eigenvalue weighted by molar-refractivity contribution is 5.79. The van der Waals surface area contributed by atoms with Crippen molar-refractivity contribution in [1.29, 1.82) is 0 Å². The van der Waals surface area contributed by atoms with Gasteiger partial charge in [0.15, 0.2) is 0 Å². The number of halogens is 1. The number of benzene rings is 2. The number of nitrogens with zero attached hydrogens (tertiary/aromatic N) is 1. The van der Waals surface area contributed by atoms with Crippen LogP contribution in [0.25, 0.3) is 0 Å². The third-order valence-electron chi connectivity index (χ3n) is 8.20. The molecule has 1 saturated carbocycles. The zero-order valence-corrected chi connectivity index (χ0v) is 22.4. The topological polar surface area (TPSA) is 105 Å². The fraction of sp³-hybridized carbons (Fsp3) is 0.567. The number of piperidine rings is 1. The Bertz CT molecular complexity index is 1090. The molecule has 38 heavy (non-hydrogen) atoms. The number of rotatable bonds is 10. The van der Waals surface area contributed by atoms with Crippen molar-refractivity contribution in [3.05, 3.63) is 59.4 Å². The average molecular weight is 529 g/mol. The molecular weight excluding hydrogens is 487 g/mol. The Labute approximate surface area is 224 Å². The van der Waals surface area contributed by atoms with Gasteiger partial charge in [-0.15, -0.1) is 0 Å². The minimum absolute atomic E-state index is 0.00917. The Morgan fingerprint density at radius 3 is 2.68 bits per heavy atom. The molecule has 7 nitrogen and oxygen atoms in total. The molecule has 0 spiro atoms. The summed E-state index contributed by atoms with van der Waals surface area (Å²) >= 11 is 0. The van der Waals surface area contributed by atoms with Crippen LogP contribution in [0.5, 0.6) is 11.5 Å². The van der Waals surface area contributed by atoms with Crippen LogP contribution in [0.3, 0.4) is 0 Å². The smallest absolute Gasteiger partial charge is 0.225 e. The molecule has 2 fully saturated rings. The molecule has 1 saturated heterocycles. The van der Waals surface area contributed by atoms with Crippen LogP contribution in [0.4, 0.5) is 4.39 Å². The molecule has 1 aliphatic heterocycles. The summed E-state index contributed by atoms with van der Waals surface area (Å²) in [7, 11) is 1.66. The fourth-order valence-electron chi connectivity index (χ4n) is 6.03. The van der Waals surface area contributed by atoms with E-state index in [2.05, 4.69) is 0 Å².